The van der Waals surface area contributed by atoms with Crippen molar-refractivity contribution in [1.82, 2.24) is 10.2 Å². The van der Waals surface area contributed by atoms with Crippen molar-refractivity contribution in [2.75, 3.05) is 31.7 Å². The Bertz CT molecular complexity index is 501. The van der Waals surface area contributed by atoms with Gasteiger partial charge in [-0.3, -0.25) is 9.59 Å². The van der Waals surface area contributed by atoms with Gasteiger partial charge in [0.05, 0.1) is 6.61 Å². The van der Waals surface area contributed by atoms with Crippen LogP contribution in [0.5, 0.6) is 0 Å². The molecule has 8 heteroatoms. The second kappa shape index (κ2) is 9.43. The highest BCUT2D eigenvalue weighted by atomic mass is 32.2. The number of thioether (sulfide) groups is 1. The van der Waals surface area contributed by atoms with E-state index >= 15 is 0 Å². The van der Waals surface area contributed by atoms with Crippen LogP contribution in [-0.4, -0.2) is 72.6 Å². The highest BCUT2D eigenvalue weighted by Crippen LogP contribution is 2.24. The molecule has 4 atom stereocenters. The first-order valence-electron chi connectivity index (χ1n) is 8.88. The van der Waals surface area contributed by atoms with E-state index in [9.17, 15) is 14.4 Å². The predicted octanol–water partition coefficient (Wildman–Crippen LogP) is 0.813. The molecule has 0 saturated carbocycles. The Morgan fingerprint density at radius 1 is 1.36 bits per heavy atom. The van der Waals surface area contributed by atoms with Crippen LogP contribution in [-0.2, 0) is 23.9 Å². The van der Waals surface area contributed by atoms with Gasteiger partial charge < -0.3 is 19.7 Å². The van der Waals surface area contributed by atoms with E-state index in [-0.39, 0.29) is 12.5 Å². The number of esters is 1. The second-order valence-corrected chi connectivity index (χ2v) is 7.59. The SMILES string of the molecule is CCOC(=O)[C@H]1O[C@@H]1C(=O)N[C@@H](CCSC)C(=O)N1CCCC(C)C1. The van der Waals surface area contributed by atoms with E-state index in [0.717, 1.165) is 31.7 Å². The standard InChI is InChI=1S/C17H28N2O5S/c1-4-23-17(22)14-13(24-14)15(20)18-12(7-9-25-3)16(21)19-8-5-6-11(2)10-19/h11-14H,4-10H2,1-3H3,(H,18,20)/t11?,12-,13-,14-/m0/s1. The summed E-state index contributed by atoms with van der Waals surface area (Å²) in [4.78, 5) is 38.6. The van der Waals surface area contributed by atoms with E-state index < -0.39 is 30.1 Å². The van der Waals surface area contributed by atoms with Gasteiger partial charge in [-0.1, -0.05) is 6.92 Å². The van der Waals surface area contributed by atoms with Crippen molar-refractivity contribution in [3.63, 3.8) is 0 Å². The Balaban J connectivity index is 1.92. The number of hydrogen-bond donors (Lipinski definition) is 1. The van der Waals surface area contributed by atoms with Crippen molar-refractivity contribution in [2.24, 2.45) is 5.92 Å². The largest absolute Gasteiger partial charge is 0.464 e. The van der Waals surface area contributed by atoms with Gasteiger partial charge in [-0.15, -0.1) is 0 Å². The summed E-state index contributed by atoms with van der Waals surface area (Å²) in [5, 5.41) is 2.78. The van der Waals surface area contributed by atoms with Crippen molar-refractivity contribution >= 4 is 29.5 Å². The summed E-state index contributed by atoms with van der Waals surface area (Å²) >= 11 is 1.63. The van der Waals surface area contributed by atoms with Gasteiger partial charge in [0.2, 0.25) is 5.91 Å². The number of carbonyl (C=O) groups is 3. The number of piperidine rings is 1. The summed E-state index contributed by atoms with van der Waals surface area (Å²) < 4.78 is 9.97. The van der Waals surface area contributed by atoms with Gasteiger partial charge >= 0.3 is 5.97 Å². The minimum absolute atomic E-state index is 0.0396. The molecule has 7 nitrogen and oxygen atoms in total. The number of amides is 2. The molecular weight excluding hydrogens is 344 g/mol. The summed E-state index contributed by atoms with van der Waals surface area (Å²) in [6.45, 7) is 5.55. The Hall–Kier alpha value is -1.28. The molecule has 1 N–H and O–H groups in total. The lowest BCUT2D eigenvalue weighted by Gasteiger charge is -2.33. The van der Waals surface area contributed by atoms with E-state index in [4.69, 9.17) is 9.47 Å². The molecule has 1 unspecified atom stereocenters. The van der Waals surface area contributed by atoms with Crippen LogP contribution in [0.25, 0.3) is 0 Å². The minimum atomic E-state index is -0.844. The number of rotatable bonds is 8. The molecule has 2 heterocycles. The molecule has 2 rings (SSSR count). The molecule has 2 aliphatic heterocycles. The van der Waals surface area contributed by atoms with E-state index in [1.54, 1.807) is 18.7 Å². The molecule has 2 saturated heterocycles. The fraction of sp³-hybridized carbons (Fsp3) is 0.824. The summed E-state index contributed by atoms with van der Waals surface area (Å²) in [7, 11) is 0. The fourth-order valence-corrected chi connectivity index (χ4v) is 3.54. The van der Waals surface area contributed by atoms with E-state index in [0.29, 0.717) is 12.3 Å². The number of likely N-dealkylation sites (tertiary alicyclic amines) is 1. The fourth-order valence-electron chi connectivity index (χ4n) is 3.07. The van der Waals surface area contributed by atoms with E-state index in [1.807, 2.05) is 11.2 Å². The van der Waals surface area contributed by atoms with E-state index in [1.165, 1.54) is 0 Å². The quantitative estimate of drug-likeness (QED) is 0.501. The molecule has 0 aromatic rings. The van der Waals surface area contributed by atoms with Crippen molar-refractivity contribution in [3.05, 3.63) is 0 Å². The molecule has 0 bridgehead atoms. The third-order valence-electron chi connectivity index (χ3n) is 4.46. The number of nitrogens with one attached hydrogen (secondary N) is 1. The second-order valence-electron chi connectivity index (χ2n) is 6.60. The maximum absolute atomic E-state index is 12.8. The van der Waals surface area contributed by atoms with Gasteiger partial charge in [-0.05, 0) is 44.1 Å². The van der Waals surface area contributed by atoms with Crippen LogP contribution in [0.15, 0.2) is 0 Å². The number of carbonyl (C=O) groups excluding carboxylic acids is 3. The molecule has 25 heavy (non-hydrogen) atoms. The Morgan fingerprint density at radius 2 is 2.12 bits per heavy atom. The molecule has 0 aromatic heterocycles. The average molecular weight is 372 g/mol. The van der Waals surface area contributed by atoms with Gasteiger partial charge in [0.25, 0.3) is 5.91 Å². The van der Waals surface area contributed by atoms with Crippen molar-refractivity contribution in [3.8, 4) is 0 Å². The molecule has 0 radical (unpaired) electrons. The molecule has 0 aromatic carbocycles. The molecule has 0 spiro atoms. The number of ether oxygens (including phenoxy) is 2. The van der Waals surface area contributed by atoms with Crippen LogP contribution in [0.3, 0.4) is 0 Å². The van der Waals surface area contributed by atoms with Gasteiger partial charge in [0.15, 0.2) is 12.2 Å². The van der Waals surface area contributed by atoms with Crippen LogP contribution in [0.4, 0.5) is 0 Å². The molecule has 0 aliphatic carbocycles. The van der Waals surface area contributed by atoms with Gasteiger partial charge in [0, 0.05) is 13.1 Å². The molecule has 2 amide bonds. The highest BCUT2D eigenvalue weighted by Gasteiger charge is 2.52. The predicted molar refractivity (Wildman–Crippen MR) is 95.2 cm³/mol. The van der Waals surface area contributed by atoms with Crippen LogP contribution in [0.2, 0.25) is 0 Å². The van der Waals surface area contributed by atoms with Crippen molar-refractivity contribution in [1.29, 1.82) is 0 Å². The Kier molecular flexibility index (Phi) is 7.56. The first-order chi connectivity index (χ1) is 12.0. The number of hydrogen-bond acceptors (Lipinski definition) is 6. The average Bonchev–Trinajstić information content (AvgIpc) is 3.39. The zero-order valence-electron chi connectivity index (χ0n) is 15.2. The Morgan fingerprint density at radius 3 is 2.76 bits per heavy atom. The lowest BCUT2D eigenvalue weighted by molar-refractivity contribution is -0.144. The molecular formula is C17H28N2O5S. The maximum Gasteiger partial charge on any atom is 0.338 e. The summed E-state index contributed by atoms with van der Waals surface area (Å²) in [6.07, 6.45) is 2.96. The number of epoxide rings is 1. The highest BCUT2D eigenvalue weighted by molar-refractivity contribution is 7.98. The normalized spacial score (nSPS) is 26.7. The molecule has 2 aliphatic rings. The summed E-state index contributed by atoms with van der Waals surface area (Å²) in [5.74, 6) is 0.270. The zero-order valence-corrected chi connectivity index (χ0v) is 16.0. The van der Waals surface area contributed by atoms with Gasteiger partial charge in [0.1, 0.15) is 6.04 Å². The lowest BCUT2D eigenvalue weighted by Crippen LogP contribution is -2.52. The number of nitrogens with zero attached hydrogens (tertiary/aromatic N) is 1. The smallest absolute Gasteiger partial charge is 0.338 e. The van der Waals surface area contributed by atoms with Gasteiger partial charge in [-0.25, -0.2) is 4.79 Å². The monoisotopic (exact) mass is 372 g/mol. The minimum Gasteiger partial charge on any atom is -0.464 e. The molecule has 2 fully saturated rings. The first kappa shape index (κ1) is 20.0. The van der Waals surface area contributed by atoms with Crippen LogP contribution in [0, 0.1) is 5.92 Å². The third kappa shape index (κ3) is 5.60. The van der Waals surface area contributed by atoms with Crippen molar-refractivity contribution < 1.29 is 23.9 Å². The first-order valence-corrected chi connectivity index (χ1v) is 10.3. The molecule has 142 valence electrons. The summed E-state index contributed by atoms with van der Waals surface area (Å²) in [5.41, 5.74) is 0. The Labute approximate surface area is 153 Å². The maximum atomic E-state index is 12.8. The lowest BCUT2D eigenvalue weighted by atomic mass is 9.99. The van der Waals surface area contributed by atoms with Crippen LogP contribution in [0.1, 0.15) is 33.1 Å². The topological polar surface area (TPSA) is 88.2 Å². The summed E-state index contributed by atoms with van der Waals surface area (Å²) in [6, 6.07) is -0.572. The van der Waals surface area contributed by atoms with Crippen molar-refractivity contribution in [2.45, 2.75) is 51.4 Å². The van der Waals surface area contributed by atoms with Crippen LogP contribution >= 0.6 is 11.8 Å². The zero-order chi connectivity index (χ0) is 18.4. The van der Waals surface area contributed by atoms with Gasteiger partial charge in [-0.2, -0.15) is 11.8 Å². The third-order valence-corrected chi connectivity index (χ3v) is 5.11. The van der Waals surface area contributed by atoms with E-state index in [2.05, 4.69) is 12.2 Å². The van der Waals surface area contributed by atoms with Crippen LogP contribution < -0.4 is 5.32 Å².